The van der Waals surface area contributed by atoms with Gasteiger partial charge in [0, 0.05) is 19.2 Å². The lowest BCUT2D eigenvalue weighted by Gasteiger charge is -2.33. The Morgan fingerprint density at radius 3 is 3.00 bits per heavy atom. The summed E-state index contributed by atoms with van der Waals surface area (Å²) in [5.41, 5.74) is 0.0931. The van der Waals surface area contributed by atoms with Crippen molar-refractivity contribution in [1.82, 2.24) is 9.88 Å². The number of rotatable bonds is 3. The Labute approximate surface area is 112 Å². The molecule has 1 aromatic rings. The second kappa shape index (κ2) is 6.02. The first kappa shape index (κ1) is 13.8. The average molecular weight is 264 g/mol. The molecule has 1 saturated heterocycles. The number of pyridine rings is 1. The molecule has 5 nitrogen and oxygen atoms in total. The molecule has 5 heteroatoms. The highest BCUT2D eigenvalue weighted by molar-refractivity contribution is 5.92. The van der Waals surface area contributed by atoms with E-state index in [4.69, 9.17) is 4.74 Å². The molecule has 0 aromatic carbocycles. The van der Waals surface area contributed by atoms with Gasteiger partial charge in [-0.05, 0) is 18.4 Å². The van der Waals surface area contributed by atoms with Crippen molar-refractivity contribution >= 4 is 5.91 Å². The Morgan fingerprint density at radius 1 is 1.53 bits per heavy atom. The standard InChI is InChI=1S/C14H20N2O3/c1-10(2)8-11-9-16(6-7-19-11)14(18)12-4-3-5-13(17)15-12/h3-5,10-11H,6-9H2,1-2H3,(H,15,17). The molecule has 0 saturated carbocycles. The van der Waals surface area contributed by atoms with Crippen LogP contribution in [0.4, 0.5) is 0 Å². The number of nitrogens with zero attached hydrogens (tertiary/aromatic N) is 1. The van der Waals surface area contributed by atoms with Crippen LogP contribution in [0.3, 0.4) is 0 Å². The zero-order valence-electron chi connectivity index (χ0n) is 11.4. The van der Waals surface area contributed by atoms with E-state index in [1.54, 1.807) is 17.0 Å². The van der Waals surface area contributed by atoms with Crippen molar-refractivity contribution < 1.29 is 9.53 Å². The summed E-state index contributed by atoms with van der Waals surface area (Å²) in [6.45, 7) is 6.00. The second-order valence-electron chi connectivity index (χ2n) is 5.30. The number of carbonyl (C=O) groups excluding carboxylic acids is 1. The minimum atomic E-state index is -0.252. The van der Waals surface area contributed by atoms with Crippen molar-refractivity contribution in [3.63, 3.8) is 0 Å². The van der Waals surface area contributed by atoms with Crippen LogP contribution in [0.1, 0.15) is 30.8 Å². The van der Waals surface area contributed by atoms with Crippen molar-refractivity contribution in [2.24, 2.45) is 5.92 Å². The SMILES string of the molecule is CC(C)CC1CN(C(=O)c2cccc(=O)[nH]2)CCO1. The quantitative estimate of drug-likeness (QED) is 0.894. The van der Waals surface area contributed by atoms with E-state index >= 15 is 0 Å². The summed E-state index contributed by atoms with van der Waals surface area (Å²) in [5, 5.41) is 0. The molecule has 0 bridgehead atoms. The van der Waals surface area contributed by atoms with Crippen LogP contribution in [0.15, 0.2) is 23.0 Å². The fraction of sp³-hybridized carbons (Fsp3) is 0.571. The summed E-state index contributed by atoms with van der Waals surface area (Å²) in [6.07, 6.45) is 1.03. The lowest BCUT2D eigenvalue weighted by atomic mass is 10.0. The zero-order valence-corrected chi connectivity index (χ0v) is 11.4. The number of hydrogen-bond donors (Lipinski definition) is 1. The van der Waals surface area contributed by atoms with Gasteiger partial charge in [-0.1, -0.05) is 19.9 Å². The van der Waals surface area contributed by atoms with Crippen LogP contribution in [-0.4, -0.2) is 41.6 Å². The van der Waals surface area contributed by atoms with Crippen LogP contribution in [0.2, 0.25) is 0 Å². The number of hydrogen-bond acceptors (Lipinski definition) is 3. The molecule has 1 amide bonds. The second-order valence-corrected chi connectivity index (χ2v) is 5.30. The van der Waals surface area contributed by atoms with Crippen molar-refractivity contribution in [2.75, 3.05) is 19.7 Å². The highest BCUT2D eigenvalue weighted by atomic mass is 16.5. The van der Waals surface area contributed by atoms with Crippen LogP contribution in [-0.2, 0) is 4.74 Å². The molecule has 19 heavy (non-hydrogen) atoms. The smallest absolute Gasteiger partial charge is 0.270 e. The lowest BCUT2D eigenvalue weighted by Crippen LogP contribution is -2.46. The van der Waals surface area contributed by atoms with E-state index in [0.29, 0.717) is 31.3 Å². The van der Waals surface area contributed by atoms with Gasteiger partial charge in [0.1, 0.15) is 5.69 Å². The van der Waals surface area contributed by atoms with E-state index in [1.807, 2.05) is 0 Å². The van der Waals surface area contributed by atoms with Gasteiger partial charge in [0.15, 0.2) is 0 Å². The maximum Gasteiger partial charge on any atom is 0.270 e. The molecule has 1 atom stereocenters. The lowest BCUT2D eigenvalue weighted by molar-refractivity contribution is -0.0299. The number of ether oxygens (including phenoxy) is 1. The van der Waals surface area contributed by atoms with Gasteiger partial charge in [-0.15, -0.1) is 0 Å². The van der Waals surface area contributed by atoms with Gasteiger partial charge in [0.2, 0.25) is 5.56 Å². The summed E-state index contributed by atoms with van der Waals surface area (Å²) in [6, 6.07) is 4.63. The first-order chi connectivity index (χ1) is 9.06. The Hall–Kier alpha value is -1.62. The first-order valence-electron chi connectivity index (χ1n) is 6.66. The molecular weight excluding hydrogens is 244 g/mol. The number of amides is 1. The van der Waals surface area contributed by atoms with Crippen molar-refractivity contribution in [3.05, 3.63) is 34.2 Å². The Balaban J connectivity index is 2.05. The van der Waals surface area contributed by atoms with Gasteiger partial charge >= 0.3 is 0 Å². The molecule has 104 valence electrons. The number of aromatic amines is 1. The predicted octanol–water partition coefficient (Wildman–Crippen LogP) is 1.26. The van der Waals surface area contributed by atoms with E-state index in [-0.39, 0.29) is 17.6 Å². The molecule has 1 fully saturated rings. The minimum absolute atomic E-state index is 0.0909. The third kappa shape index (κ3) is 3.67. The Kier molecular flexibility index (Phi) is 4.37. The fourth-order valence-corrected chi connectivity index (χ4v) is 2.32. The van der Waals surface area contributed by atoms with E-state index < -0.39 is 0 Å². The third-order valence-corrected chi connectivity index (χ3v) is 3.16. The minimum Gasteiger partial charge on any atom is -0.375 e. The van der Waals surface area contributed by atoms with Crippen LogP contribution in [0.25, 0.3) is 0 Å². The first-order valence-corrected chi connectivity index (χ1v) is 6.66. The van der Waals surface area contributed by atoms with Crippen LogP contribution >= 0.6 is 0 Å². The molecule has 1 unspecified atom stereocenters. The third-order valence-electron chi connectivity index (χ3n) is 3.16. The van der Waals surface area contributed by atoms with E-state index in [1.165, 1.54) is 6.07 Å². The zero-order chi connectivity index (χ0) is 13.8. The average Bonchev–Trinajstić information content (AvgIpc) is 2.37. The molecule has 1 aliphatic rings. The van der Waals surface area contributed by atoms with Crippen LogP contribution < -0.4 is 5.56 Å². The highest BCUT2D eigenvalue weighted by Gasteiger charge is 2.25. The Bertz CT molecular complexity index is 495. The normalized spacial score (nSPS) is 19.7. The van der Waals surface area contributed by atoms with Gasteiger partial charge in [0.25, 0.3) is 5.91 Å². The van der Waals surface area contributed by atoms with Gasteiger partial charge in [-0.3, -0.25) is 9.59 Å². The van der Waals surface area contributed by atoms with Gasteiger partial charge in [0.05, 0.1) is 12.7 Å². The van der Waals surface area contributed by atoms with Crippen molar-refractivity contribution in [2.45, 2.75) is 26.4 Å². The molecule has 2 rings (SSSR count). The summed E-state index contributed by atoms with van der Waals surface area (Å²) >= 11 is 0. The summed E-state index contributed by atoms with van der Waals surface area (Å²) < 4.78 is 5.66. The number of morpholine rings is 1. The van der Waals surface area contributed by atoms with Crippen LogP contribution in [0.5, 0.6) is 0 Å². The molecule has 1 N–H and O–H groups in total. The summed E-state index contributed by atoms with van der Waals surface area (Å²) in [5.74, 6) is 0.409. The van der Waals surface area contributed by atoms with E-state index in [2.05, 4.69) is 18.8 Å². The molecule has 0 aliphatic carbocycles. The van der Waals surface area contributed by atoms with Crippen molar-refractivity contribution in [3.8, 4) is 0 Å². The monoisotopic (exact) mass is 264 g/mol. The molecule has 2 heterocycles. The number of H-pyrrole nitrogens is 1. The maximum atomic E-state index is 12.3. The van der Waals surface area contributed by atoms with Gasteiger partial charge in [-0.25, -0.2) is 0 Å². The topological polar surface area (TPSA) is 62.4 Å². The van der Waals surface area contributed by atoms with Gasteiger partial charge < -0.3 is 14.6 Å². The maximum absolute atomic E-state index is 12.3. The van der Waals surface area contributed by atoms with E-state index in [9.17, 15) is 9.59 Å². The van der Waals surface area contributed by atoms with E-state index in [0.717, 1.165) is 6.42 Å². The van der Waals surface area contributed by atoms with Gasteiger partial charge in [-0.2, -0.15) is 0 Å². The predicted molar refractivity (Wildman–Crippen MR) is 72.2 cm³/mol. The number of aromatic nitrogens is 1. The summed E-state index contributed by atoms with van der Waals surface area (Å²) in [7, 11) is 0. The molecule has 1 aliphatic heterocycles. The number of carbonyl (C=O) groups is 1. The Morgan fingerprint density at radius 2 is 2.32 bits per heavy atom. The molecular formula is C14H20N2O3. The van der Waals surface area contributed by atoms with Crippen LogP contribution in [0, 0.1) is 5.92 Å². The molecule has 0 spiro atoms. The molecule has 1 aromatic heterocycles. The highest BCUT2D eigenvalue weighted by Crippen LogP contribution is 2.15. The fourth-order valence-electron chi connectivity index (χ4n) is 2.32. The van der Waals surface area contributed by atoms with Crippen molar-refractivity contribution in [1.29, 1.82) is 0 Å². The summed E-state index contributed by atoms with van der Waals surface area (Å²) in [4.78, 5) is 27.8. The largest absolute Gasteiger partial charge is 0.375 e. The number of nitrogens with one attached hydrogen (secondary N) is 1. The molecule has 0 radical (unpaired) electrons.